The van der Waals surface area contributed by atoms with Crippen LogP contribution in [-0.2, 0) is 4.74 Å². The zero-order chi connectivity index (χ0) is 15.5. The molecule has 0 radical (unpaired) electrons. The lowest BCUT2D eigenvalue weighted by Crippen LogP contribution is -2.28. The van der Waals surface area contributed by atoms with Gasteiger partial charge in [-0.3, -0.25) is 4.79 Å². The number of ether oxygens (including phenoxy) is 1. The average Bonchev–Trinajstić information content (AvgIpc) is 2.75. The molecule has 21 heavy (non-hydrogen) atoms. The summed E-state index contributed by atoms with van der Waals surface area (Å²) in [7, 11) is 0. The fourth-order valence-corrected chi connectivity index (χ4v) is 3.02. The van der Waals surface area contributed by atoms with Crippen molar-refractivity contribution in [1.82, 2.24) is 5.32 Å². The van der Waals surface area contributed by atoms with E-state index >= 15 is 0 Å². The second kappa shape index (κ2) is 6.44. The van der Waals surface area contributed by atoms with Crippen LogP contribution in [0.15, 0.2) is 24.3 Å². The minimum absolute atomic E-state index is 0.0442. The van der Waals surface area contributed by atoms with Gasteiger partial charge in [-0.05, 0) is 23.9 Å². The lowest BCUT2D eigenvalue weighted by molar-refractivity contribution is -0.173. The molecule has 0 spiro atoms. The van der Waals surface area contributed by atoms with E-state index in [1.54, 1.807) is 0 Å². The fraction of sp³-hybridized carbons (Fsp3) is 0.357. The zero-order valence-corrected chi connectivity index (χ0v) is 12.1. The van der Waals surface area contributed by atoms with Crippen LogP contribution in [0.5, 0.6) is 0 Å². The Labute approximate surface area is 123 Å². The molecule has 1 amide bonds. The van der Waals surface area contributed by atoms with Crippen LogP contribution in [0.3, 0.4) is 0 Å². The number of hydrogen-bond acceptors (Lipinski definition) is 3. The van der Waals surface area contributed by atoms with E-state index < -0.39 is 12.8 Å². The second-order valence-electron chi connectivity index (χ2n) is 4.48. The fourth-order valence-electron chi connectivity index (χ4n) is 1.90. The standard InChI is InChI=1S/C14H14F3NO2S/c1-9-10-4-2-3-5-11(10)21-12(9)13(19)18-6-7-20-8-14(15,16)17/h2-5H,6-8H2,1H3,(H,18,19). The Bertz CT molecular complexity index is 637. The summed E-state index contributed by atoms with van der Waals surface area (Å²) >= 11 is 1.37. The zero-order valence-electron chi connectivity index (χ0n) is 11.3. The molecule has 0 atom stereocenters. The first-order valence-corrected chi connectivity index (χ1v) is 7.11. The Balaban J connectivity index is 1.89. The van der Waals surface area contributed by atoms with E-state index in [0.717, 1.165) is 15.6 Å². The molecule has 2 rings (SSSR count). The number of hydrogen-bond donors (Lipinski definition) is 1. The largest absolute Gasteiger partial charge is 0.411 e. The molecule has 0 saturated heterocycles. The van der Waals surface area contributed by atoms with Crippen molar-refractivity contribution in [1.29, 1.82) is 0 Å². The highest BCUT2D eigenvalue weighted by molar-refractivity contribution is 7.21. The molecule has 7 heteroatoms. The number of halogens is 3. The Morgan fingerprint density at radius 1 is 1.33 bits per heavy atom. The summed E-state index contributed by atoms with van der Waals surface area (Å²) in [5.41, 5.74) is 0.879. The number of amides is 1. The van der Waals surface area contributed by atoms with Gasteiger partial charge in [0.25, 0.3) is 5.91 Å². The molecule has 0 saturated carbocycles. The smallest absolute Gasteiger partial charge is 0.370 e. The Morgan fingerprint density at radius 2 is 2.05 bits per heavy atom. The third-order valence-electron chi connectivity index (χ3n) is 2.85. The third-order valence-corrected chi connectivity index (χ3v) is 4.12. The van der Waals surface area contributed by atoms with Crippen LogP contribution < -0.4 is 5.32 Å². The summed E-state index contributed by atoms with van der Waals surface area (Å²) < 4.78 is 41.0. The van der Waals surface area contributed by atoms with E-state index in [0.29, 0.717) is 4.88 Å². The topological polar surface area (TPSA) is 38.3 Å². The van der Waals surface area contributed by atoms with Gasteiger partial charge in [0.05, 0.1) is 11.5 Å². The predicted molar refractivity (Wildman–Crippen MR) is 75.8 cm³/mol. The minimum atomic E-state index is -4.34. The molecule has 1 aromatic carbocycles. The van der Waals surface area contributed by atoms with Crippen molar-refractivity contribution < 1.29 is 22.7 Å². The van der Waals surface area contributed by atoms with Gasteiger partial charge in [-0.2, -0.15) is 13.2 Å². The summed E-state index contributed by atoms with van der Waals surface area (Å²) in [6.07, 6.45) is -4.34. The quantitative estimate of drug-likeness (QED) is 0.857. The highest BCUT2D eigenvalue weighted by atomic mass is 32.1. The van der Waals surface area contributed by atoms with Gasteiger partial charge >= 0.3 is 6.18 Å². The van der Waals surface area contributed by atoms with Crippen molar-refractivity contribution >= 4 is 27.3 Å². The first kappa shape index (κ1) is 15.8. The second-order valence-corrected chi connectivity index (χ2v) is 5.53. The number of alkyl halides is 3. The van der Waals surface area contributed by atoms with Crippen molar-refractivity contribution in [3.63, 3.8) is 0 Å². The molecule has 0 bridgehead atoms. The predicted octanol–water partition coefficient (Wildman–Crippen LogP) is 3.52. The number of aryl methyl sites for hydroxylation is 1. The van der Waals surface area contributed by atoms with Crippen molar-refractivity contribution in [3.8, 4) is 0 Å². The molecule has 114 valence electrons. The van der Waals surface area contributed by atoms with E-state index in [4.69, 9.17) is 0 Å². The molecular weight excluding hydrogens is 303 g/mol. The lowest BCUT2D eigenvalue weighted by Gasteiger charge is -2.08. The molecule has 0 unspecified atom stereocenters. The summed E-state index contributed by atoms with van der Waals surface area (Å²) in [5.74, 6) is -0.288. The molecule has 0 fully saturated rings. The number of carbonyl (C=O) groups excluding carboxylic acids is 1. The highest BCUT2D eigenvalue weighted by Gasteiger charge is 2.27. The van der Waals surface area contributed by atoms with E-state index in [-0.39, 0.29) is 19.1 Å². The van der Waals surface area contributed by atoms with Gasteiger partial charge in [-0.15, -0.1) is 11.3 Å². The van der Waals surface area contributed by atoms with Gasteiger partial charge in [0.2, 0.25) is 0 Å². The molecule has 1 aromatic heterocycles. The van der Waals surface area contributed by atoms with Crippen LogP contribution >= 0.6 is 11.3 Å². The van der Waals surface area contributed by atoms with Crippen molar-refractivity contribution in [2.75, 3.05) is 19.8 Å². The van der Waals surface area contributed by atoms with Crippen LogP contribution in [0.2, 0.25) is 0 Å². The van der Waals surface area contributed by atoms with E-state index in [2.05, 4.69) is 10.1 Å². The van der Waals surface area contributed by atoms with Gasteiger partial charge in [-0.25, -0.2) is 0 Å². The van der Waals surface area contributed by atoms with Crippen LogP contribution in [0, 0.1) is 6.92 Å². The Hall–Kier alpha value is -1.60. The van der Waals surface area contributed by atoms with Gasteiger partial charge in [0, 0.05) is 11.2 Å². The molecule has 1 N–H and O–H groups in total. The highest BCUT2D eigenvalue weighted by Crippen LogP contribution is 2.30. The van der Waals surface area contributed by atoms with E-state index in [9.17, 15) is 18.0 Å². The summed E-state index contributed by atoms with van der Waals surface area (Å²) in [6.45, 7) is 0.427. The van der Waals surface area contributed by atoms with Gasteiger partial charge < -0.3 is 10.1 Å². The van der Waals surface area contributed by atoms with Gasteiger partial charge in [0.1, 0.15) is 6.61 Å². The molecule has 2 aromatic rings. The molecular formula is C14H14F3NO2S. The number of nitrogens with one attached hydrogen (secondary N) is 1. The summed E-state index contributed by atoms with van der Waals surface area (Å²) in [4.78, 5) is 12.6. The van der Waals surface area contributed by atoms with Gasteiger partial charge in [-0.1, -0.05) is 18.2 Å². The average molecular weight is 317 g/mol. The van der Waals surface area contributed by atoms with Crippen molar-refractivity contribution in [3.05, 3.63) is 34.7 Å². The number of rotatable bonds is 5. The van der Waals surface area contributed by atoms with Gasteiger partial charge in [0.15, 0.2) is 0 Å². The van der Waals surface area contributed by atoms with Crippen LogP contribution in [-0.4, -0.2) is 31.8 Å². The number of fused-ring (bicyclic) bond motifs is 1. The van der Waals surface area contributed by atoms with Crippen LogP contribution in [0.4, 0.5) is 13.2 Å². The SMILES string of the molecule is Cc1c(C(=O)NCCOCC(F)(F)F)sc2ccccc12. The first-order valence-electron chi connectivity index (χ1n) is 6.29. The van der Waals surface area contributed by atoms with E-state index in [1.807, 2.05) is 31.2 Å². The number of benzene rings is 1. The lowest BCUT2D eigenvalue weighted by atomic mass is 10.1. The number of carbonyl (C=O) groups is 1. The molecule has 0 aliphatic heterocycles. The monoisotopic (exact) mass is 317 g/mol. The number of thiophene rings is 1. The molecule has 1 heterocycles. The van der Waals surface area contributed by atoms with Crippen molar-refractivity contribution in [2.24, 2.45) is 0 Å². The van der Waals surface area contributed by atoms with Crippen LogP contribution in [0.1, 0.15) is 15.2 Å². The van der Waals surface area contributed by atoms with Crippen LogP contribution in [0.25, 0.3) is 10.1 Å². The molecule has 0 aliphatic carbocycles. The minimum Gasteiger partial charge on any atom is -0.370 e. The first-order chi connectivity index (χ1) is 9.88. The molecule has 0 aliphatic rings. The normalized spacial score (nSPS) is 11.8. The Kier molecular flexibility index (Phi) is 4.84. The maximum Gasteiger partial charge on any atom is 0.411 e. The maximum absolute atomic E-state index is 12.0. The molecule has 3 nitrogen and oxygen atoms in total. The third kappa shape index (κ3) is 4.18. The maximum atomic E-state index is 12.0. The van der Waals surface area contributed by atoms with E-state index in [1.165, 1.54) is 11.3 Å². The summed E-state index contributed by atoms with van der Waals surface area (Å²) in [6, 6.07) is 7.65. The summed E-state index contributed by atoms with van der Waals surface area (Å²) in [5, 5.41) is 3.58. The Morgan fingerprint density at radius 3 is 2.71 bits per heavy atom. The van der Waals surface area contributed by atoms with Crippen molar-refractivity contribution in [2.45, 2.75) is 13.1 Å².